The lowest BCUT2D eigenvalue weighted by molar-refractivity contribution is -0.135. The summed E-state index contributed by atoms with van der Waals surface area (Å²) in [4.78, 5) is 14.0. The Bertz CT molecular complexity index is 271. The first kappa shape index (κ1) is 17.8. The summed E-state index contributed by atoms with van der Waals surface area (Å²) in [6.07, 6.45) is 4.83. The normalized spacial score (nSPS) is 18.2. The number of rotatable bonds is 9. The minimum Gasteiger partial charge on any atom is -0.379 e. The van der Waals surface area contributed by atoms with Gasteiger partial charge in [-0.05, 0) is 38.2 Å². The molecule has 1 rings (SSSR count). The summed E-state index contributed by atoms with van der Waals surface area (Å²) in [5.41, 5.74) is 5.93. The van der Waals surface area contributed by atoms with E-state index in [0.717, 1.165) is 44.7 Å². The van der Waals surface area contributed by atoms with Crippen molar-refractivity contribution in [2.75, 3.05) is 44.9 Å². The minimum atomic E-state index is -0.349. The molecule has 0 spiro atoms. The molecule has 1 heterocycles. The van der Waals surface area contributed by atoms with Crippen molar-refractivity contribution in [3.63, 3.8) is 0 Å². The number of amides is 1. The van der Waals surface area contributed by atoms with Crippen molar-refractivity contribution in [3.05, 3.63) is 0 Å². The summed E-state index contributed by atoms with van der Waals surface area (Å²) >= 11 is 1.72. The molecule has 2 N–H and O–H groups in total. The number of thioether (sulfide) groups is 1. The van der Waals surface area contributed by atoms with Crippen LogP contribution in [-0.4, -0.2) is 67.9 Å². The Kier molecular flexibility index (Phi) is 9.26. The molecule has 118 valence electrons. The number of nitrogens with two attached hydrogens (primary N) is 1. The largest absolute Gasteiger partial charge is 0.379 e. The first-order valence-corrected chi connectivity index (χ1v) is 8.81. The Morgan fingerprint density at radius 2 is 2.10 bits per heavy atom. The molecule has 0 aliphatic carbocycles. The van der Waals surface area contributed by atoms with Crippen molar-refractivity contribution in [2.24, 2.45) is 5.73 Å². The number of likely N-dealkylation sites (tertiary alicyclic amines) is 1. The molecule has 20 heavy (non-hydrogen) atoms. The summed E-state index contributed by atoms with van der Waals surface area (Å²) in [6, 6.07) is -0.349. The molecule has 5 nitrogen and oxygen atoms in total. The number of hydrogen-bond donors (Lipinski definition) is 1. The van der Waals surface area contributed by atoms with Gasteiger partial charge < -0.3 is 20.1 Å². The molecule has 0 radical (unpaired) electrons. The Labute approximate surface area is 126 Å². The van der Waals surface area contributed by atoms with Crippen LogP contribution in [-0.2, 0) is 14.3 Å². The first-order chi connectivity index (χ1) is 9.69. The predicted molar refractivity (Wildman–Crippen MR) is 83.0 cm³/mol. The molecule has 1 fully saturated rings. The SMILES string of the molecule is CCOCCOC1CCN(C(=O)[C@H](N)CCSC)CC1. The van der Waals surface area contributed by atoms with Crippen LogP contribution in [0.2, 0.25) is 0 Å². The van der Waals surface area contributed by atoms with Gasteiger partial charge in [0, 0.05) is 19.7 Å². The lowest BCUT2D eigenvalue weighted by Crippen LogP contribution is -2.48. The van der Waals surface area contributed by atoms with Crippen molar-refractivity contribution < 1.29 is 14.3 Å². The molecule has 0 bridgehead atoms. The van der Waals surface area contributed by atoms with Crippen LogP contribution in [0.25, 0.3) is 0 Å². The van der Waals surface area contributed by atoms with Gasteiger partial charge >= 0.3 is 0 Å². The second-order valence-corrected chi connectivity index (χ2v) is 5.97. The zero-order valence-electron chi connectivity index (χ0n) is 12.7. The molecular weight excluding hydrogens is 276 g/mol. The quantitative estimate of drug-likeness (QED) is 0.647. The van der Waals surface area contributed by atoms with Crippen LogP contribution in [0.15, 0.2) is 0 Å². The predicted octanol–water partition coefficient (Wildman–Crippen LogP) is 1.11. The smallest absolute Gasteiger partial charge is 0.239 e. The van der Waals surface area contributed by atoms with Gasteiger partial charge in [-0.2, -0.15) is 11.8 Å². The maximum Gasteiger partial charge on any atom is 0.239 e. The summed E-state index contributed by atoms with van der Waals surface area (Å²) < 4.78 is 11.0. The van der Waals surface area contributed by atoms with Crippen molar-refractivity contribution in [2.45, 2.75) is 38.3 Å². The molecule has 1 atom stereocenters. The highest BCUT2D eigenvalue weighted by Gasteiger charge is 2.26. The third-order valence-electron chi connectivity index (χ3n) is 3.49. The summed E-state index contributed by atoms with van der Waals surface area (Å²) in [6.45, 7) is 5.50. The Morgan fingerprint density at radius 3 is 2.70 bits per heavy atom. The van der Waals surface area contributed by atoms with Crippen LogP contribution >= 0.6 is 11.8 Å². The second-order valence-electron chi connectivity index (χ2n) is 4.98. The third-order valence-corrected chi connectivity index (χ3v) is 4.13. The van der Waals surface area contributed by atoms with Gasteiger partial charge in [-0.25, -0.2) is 0 Å². The third kappa shape index (κ3) is 6.43. The van der Waals surface area contributed by atoms with E-state index < -0.39 is 0 Å². The Morgan fingerprint density at radius 1 is 1.40 bits per heavy atom. The van der Waals surface area contributed by atoms with E-state index in [-0.39, 0.29) is 18.1 Å². The average molecular weight is 304 g/mol. The van der Waals surface area contributed by atoms with Crippen molar-refractivity contribution in [1.29, 1.82) is 0 Å². The van der Waals surface area contributed by atoms with E-state index in [1.54, 1.807) is 11.8 Å². The lowest BCUT2D eigenvalue weighted by atomic mass is 10.1. The van der Waals surface area contributed by atoms with Crippen LogP contribution in [0.1, 0.15) is 26.2 Å². The highest BCUT2D eigenvalue weighted by molar-refractivity contribution is 7.98. The summed E-state index contributed by atoms with van der Waals surface area (Å²) in [5, 5.41) is 0. The monoisotopic (exact) mass is 304 g/mol. The van der Waals surface area contributed by atoms with Crippen LogP contribution < -0.4 is 5.73 Å². The highest BCUT2D eigenvalue weighted by atomic mass is 32.2. The molecule has 0 aromatic heterocycles. The number of nitrogens with zero attached hydrogens (tertiary/aromatic N) is 1. The van der Waals surface area contributed by atoms with Crippen LogP contribution in [0, 0.1) is 0 Å². The fraction of sp³-hybridized carbons (Fsp3) is 0.929. The van der Waals surface area contributed by atoms with Crippen molar-refractivity contribution >= 4 is 17.7 Å². The fourth-order valence-corrected chi connectivity index (χ4v) is 2.75. The zero-order valence-corrected chi connectivity index (χ0v) is 13.5. The van der Waals surface area contributed by atoms with Gasteiger partial charge in [-0.1, -0.05) is 0 Å². The van der Waals surface area contributed by atoms with E-state index in [4.69, 9.17) is 15.2 Å². The van der Waals surface area contributed by atoms with Gasteiger partial charge in [-0.3, -0.25) is 4.79 Å². The topological polar surface area (TPSA) is 64.8 Å². The molecular formula is C14H28N2O3S. The van der Waals surface area contributed by atoms with E-state index >= 15 is 0 Å². The molecule has 1 aliphatic rings. The molecule has 0 aromatic carbocycles. The Hall–Kier alpha value is -0.300. The van der Waals surface area contributed by atoms with E-state index in [1.165, 1.54) is 0 Å². The molecule has 1 amide bonds. The maximum atomic E-state index is 12.1. The van der Waals surface area contributed by atoms with Crippen molar-refractivity contribution in [1.82, 2.24) is 4.90 Å². The van der Waals surface area contributed by atoms with Gasteiger partial charge in [0.05, 0.1) is 25.4 Å². The van der Waals surface area contributed by atoms with Gasteiger partial charge in [0.1, 0.15) is 0 Å². The van der Waals surface area contributed by atoms with Gasteiger partial charge in [0.2, 0.25) is 5.91 Å². The van der Waals surface area contributed by atoms with Crippen LogP contribution in [0.3, 0.4) is 0 Å². The van der Waals surface area contributed by atoms with Gasteiger partial charge in [0.25, 0.3) is 0 Å². The maximum absolute atomic E-state index is 12.1. The molecule has 1 saturated heterocycles. The summed E-state index contributed by atoms with van der Waals surface area (Å²) in [7, 11) is 0. The number of carbonyl (C=O) groups is 1. The molecule has 0 saturated carbocycles. The second kappa shape index (κ2) is 10.4. The average Bonchev–Trinajstić information content (AvgIpc) is 2.49. The van der Waals surface area contributed by atoms with Crippen LogP contribution in [0.5, 0.6) is 0 Å². The number of carbonyl (C=O) groups excluding carboxylic acids is 1. The van der Waals surface area contributed by atoms with Crippen LogP contribution in [0.4, 0.5) is 0 Å². The molecule has 1 aliphatic heterocycles. The standard InChI is InChI=1S/C14H28N2O3S/c1-3-18-9-10-19-12-4-7-16(8-5-12)14(17)13(15)6-11-20-2/h12-13H,3-11,15H2,1-2H3/t13-/m1/s1. The molecule has 0 aromatic rings. The van der Waals surface area contributed by atoms with Gasteiger partial charge in [0.15, 0.2) is 0 Å². The Balaban J connectivity index is 2.19. The van der Waals surface area contributed by atoms with Gasteiger partial charge in [-0.15, -0.1) is 0 Å². The molecule has 0 unspecified atom stereocenters. The molecule has 6 heteroatoms. The highest BCUT2D eigenvalue weighted by Crippen LogP contribution is 2.15. The lowest BCUT2D eigenvalue weighted by Gasteiger charge is -2.33. The zero-order chi connectivity index (χ0) is 14.8. The summed E-state index contributed by atoms with van der Waals surface area (Å²) in [5.74, 6) is 1.02. The van der Waals surface area contributed by atoms with E-state index in [2.05, 4.69) is 0 Å². The van der Waals surface area contributed by atoms with Crippen molar-refractivity contribution in [3.8, 4) is 0 Å². The van der Waals surface area contributed by atoms with E-state index in [1.807, 2.05) is 18.1 Å². The first-order valence-electron chi connectivity index (χ1n) is 7.41. The number of hydrogen-bond acceptors (Lipinski definition) is 5. The fourth-order valence-electron chi connectivity index (χ4n) is 2.26. The minimum absolute atomic E-state index is 0.0896. The number of piperidine rings is 1. The van der Waals surface area contributed by atoms with E-state index in [0.29, 0.717) is 13.2 Å². The van der Waals surface area contributed by atoms with E-state index in [9.17, 15) is 4.79 Å². The number of ether oxygens (including phenoxy) is 2.